The normalized spacial score (nSPS) is 7.89. The molecule has 0 aliphatic carbocycles. The van der Waals surface area contributed by atoms with E-state index in [0.717, 1.165) is 38.5 Å². The first kappa shape index (κ1) is 31.4. The van der Waals surface area contributed by atoms with E-state index in [1.54, 1.807) is 12.1 Å². The van der Waals surface area contributed by atoms with Crippen LogP contribution in [0.2, 0.25) is 10.0 Å². The van der Waals surface area contributed by atoms with Gasteiger partial charge in [-0.3, -0.25) is 0 Å². The van der Waals surface area contributed by atoms with Crippen LogP contribution in [0, 0.1) is 24.5 Å². The summed E-state index contributed by atoms with van der Waals surface area (Å²) in [5.41, 5.74) is 14.3. The van der Waals surface area contributed by atoms with Gasteiger partial charge in [0.25, 0.3) is 0 Å². The Kier molecular flexibility index (Phi) is 22.1. The Morgan fingerprint density at radius 2 is 1.56 bits per heavy atom. The summed E-state index contributed by atoms with van der Waals surface area (Å²) in [5, 5.41) is 20.2. The van der Waals surface area contributed by atoms with E-state index in [2.05, 4.69) is 49.4 Å². The number of hydrogen-bond acceptors (Lipinski definition) is 5. The minimum Gasteiger partial charge on any atom is -0.753 e. The second-order valence-corrected chi connectivity index (χ2v) is 6.12. The van der Waals surface area contributed by atoms with Gasteiger partial charge in [-0.2, -0.15) is 10.4 Å². The highest BCUT2D eigenvalue weighted by atomic mass is 128. The highest BCUT2D eigenvalue weighted by Crippen LogP contribution is 2.32. The summed E-state index contributed by atoms with van der Waals surface area (Å²) in [4.78, 5) is 0.755. The van der Waals surface area contributed by atoms with Gasteiger partial charge < -0.3 is 23.0 Å². The van der Waals surface area contributed by atoms with Gasteiger partial charge in [0.1, 0.15) is 5.40 Å². The van der Waals surface area contributed by atoms with Crippen LogP contribution in [-0.2, 0) is 0 Å². The monoisotopic (exact) mass is 669 g/mol. The molecule has 2 aromatic rings. The molecule has 0 amide bonds. The topological polar surface area (TPSA) is 135 Å². The summed E-state index contributed by atoms with van der Waals surface area (Å²) in [7, 11) is 0. The van der Waals surface area contributed by atoms with Crippen molar-refractivity contribution in [2.24, 2.45) is 0 Å². The van der Waals surface area contributed by atoms with Gasteiger partial charge in [0, 0.05) is 58.5 Å². The number of anilines is 2. The van der Waals surface area contributed by atoms with E-state index in [0.29, 0.717) is 10.7 Å². The van der Waals surface area contributed by atoms with Crippen molar-refractivity contribution in [1.82, 2.24) is 6.15 Å². The molecule has 0 atom stereocenters. The number of isothiocyanates is 1. The summed E-state index contributed by atoms with van der Waals surface area (Å²) in [6, 6.07) is 9.00. The fourth-order valence-corrected chi connectivity index (χ4v) is 2.37. The van der Waals surface area contributed by atoms with Crippen molar-refractivity contribution in [3.05, 3.63) is 56.9 Å². The zero-order valence-electron chi connectivity index (χ0n) is 14.8. The van der Waals surface area contributed by atoms with E-state index in [1.165, 1.54) is 5.16 Å². The number of benzene rings is 2. The lowest BCUT2D eigenvalue weighted by Crippen LogP contribution is -1.90. The molecule has 0 aliphatic rings. The summed E-state index contributed by atoms with van der Waals surface area (Å²) in [6.07, 6.45) is 0. The first-order valence-corrected chi connectivity index (χ1v) is 14.8. The van der Waals surface area contributed by atoms with Crippen molar-refractivity contribution in [3.8, 4) is 5.40 Å². The molecule has 11 heteroatoms. The van der Waals surface area contributed by atoms with Gasteiger partial charge in [-0.25, -0.2) is 0 Å². The van der Waals surface area contributed by atoms with Crippen molar-refractivity contribution in [2.45, 2.75) is 18.7 Å². The number of quaternary nitrogens is 1. The van der Waals surface area contributed by atoms with E-state index in [1.807, 2.05) is 37.4 Å². The fourth-order valence-electron chi connectivity index (χ4n) is 1.43. The number of thioether (sulfide) groups is 1. The third kappa shape index (κ3) is 12.7. The number of halogens is 4. The van der Waals surface area contributed by atoms with Crippen LogP contribution in [-0.4, -0.2) is 5.16 Å². The molecule has 0 saturated heterocycles. The molecular weight excluding hydrogens is 651 g/mol. The zero-order chi connectivity index (χ0) is 20.7. The van der Waals surface area contributed by atoms with Crippen molar-refractivity contribution in [3.63, 3.8) is 0 Å². The van der Waals surface area contributed by atoms with E-state index < -0.39 is 0 Å². The number of nitrogens with two attached hydrogens (primary N) is 2. The molecule has 0 aromatic heterocycles. The van der Waals surface area contributed by atoms with Crippen LogP contribution in [0.25, 0.3) is 5.41 Å². The van der Waals surface area contributed by atoms with Crippen molar-refractivity contribution in [1.29, 1.82) is 5.26 Å². The number of nitrogen functional groups attached to an aromatic ring is 2. The van der Waals surface area contributed by atoms with Crippen LogP contribution in [0.4, 0.5) is 11.4 Å². The lowest BCUT2D eigenvalue weighted by molar-refractivity contribution is 1.37. The van der Waals surface area contributed by atoms with Gasteiger partial charge in [-0.05, 0) is 61.0 Å². The Morgan fingerprint density at radius 1 is 1.07 bits per heavy atom. The molecule has 0 fully saturated rings. The minimum atomic E-state index is 0. The fraction of sp³-hybridized carbons (Fsp3) is 0.125. The van der Waals surface area contributed by atoms with Crippen LogP contribution in [0.5, 0.6) is 0 Å². The lowest BCUT2D eigenvalue weighted by atomic mass is 10.2. The smallest absolute Gasteiger partial charge is 0.138 e. The van der Waals surface area contributed by atoms with Gasteiger partial charge >= 0.3 is 0 Å². The molecule has 2 rings (SSSR count). The Morgan fingerprint density at radius 3 is 1.96 bits per heavy atom. The van der Waals surface area contributed by atoms with Gasteiger partial charge in [0.05, 0.1) is 5.02 Å². The number of nitriles is 1. The van der Waals surface area contributed by atoms with Gasteiger partial charge in [-0.15, -0.1) is 0 Å². The summed E-state index contributed by atoms with van der Waals surface area (Å²) >= 11 is 20.6. The quantitative estimate of drug-likeness (QED) is 0.0710. The molecule has 2 aromatic carbocycles. The van der Waals surface area contributed by atoms with E-state index in [4.69, 9.17) is 45.3 Å². The molecule has 0 saturated carbocycles. The third-order valence-corrected chi connectivity index (χ3v) is 4.52. The molecule has 0 radical (unpaired) electrons. The predicted octanol–water partition coefficient (Wildman–Crippen LogP) is 7.84. The Balaban J connectivity index is -0.000000342. The first-order chi connectivity index (χ1) is 12.3. The molecule has 27 heavy (non-hydrogen) atoms. The van der Waals surface area contributed by atoms with Gasteiger partial charge in [0.2, 0.25) is 0 Å². The van der Waals surface area contributed by atoms with Crippen LogP contribution < -0.4 is 17.6 Å². The average molecular weight is 670 g/mol. The van der Waals surface area contributed by atoms with Crippen LogP contribution in [0.15, 0.2) is 35.2 Å². The number of thiocyanates is 1. The third-order valence-electron chi connectivity index (χ3n) is 2.86. The average Bonchev–Trinajstić information content (AvgIpc) is 2.63. The standard InChI is InChI=1S/C8H7ClN2S.C7H8ClN.CNS.I2.H3N/c1-5-6(11)2-3-7(8(5)9)12-4-10;1-5-6(8)3-2-4-7(5)9;2-1-3;1-2;/h2-3H,11H2,1H3;2-4H,9H2,1H3;;;1H3/q;;-1;;/p+1. The molecule has 8 N–H and O–H groups in total. The van der Waals surface area contributed by atoms with Crippen molar-refractivity contribution < 1.29 is 0 Å². The Hall–Kier alpha value is -0.320. The van der Waals surface area contributed by atoms with E-state index in [9.17, 15) is 0 Å². The molecule has 5 nitrogen and oxygen atoms in total. The van der Waals surface area contributed by atoms with E-state index >= 15 is 0 Å². The zero-order valence-corrected chi connectivity index (χ0v) is 22.2. The Labute approximate surface area is 203 Å². The lowest BCUT2D eigenvalue weighted by Gasteiger charge is -2.04. The molecule has 0 bridgehead atoms. The Bertz CT molecular complexity index is 760. The highest BCUT2D eigenvalue weighted by molar-refractivity contribution is 15.0. The van der Waals surface area contributed by atoms with Gasteiger partial charge in [-0.1, -0.05) is 41.5 Å². The summed E-state index contributed by atoms with van der Waals surface area (Å²) in [5.74, 6) is 0. The first-order valence-electron chi connectivity index (χ1n) is 6.56. The minimum absolute atomic E-state index is 0. The number of hydrogen-bond donors (Lipinski definition) is 3. The van der Waals surface area contributed by atoms with E-state index in [-0.39, 0.29) is 6.15 Å². The summed E-state index contributed by atoms with van der Waals surface area (Å²) < 4.78 is 0. The summed E-state index contributed by atoms with van der Waals surface area (Å²) in [6.45, 7) is 3.73. The van der Waals surface area contributed by atoms with Gasteiger partial charge in [0.15, 0.2) is 0 Å². The van der Waals surface area contributed by atoms with Crippen molar-refractivity contribution >= 4 is 101 Å². The van der Waals surface area contributed by atoms with Crippen LogP contribution >= 0.6 is 84.4 Å². The molecule has 0 aliphatic heterocycles. The maximum atomic E-state index is 8.43. The predicted molar refractivity (Wildman–Crippen MR) is 143 cm³/mol. The number of nitrogens with zero attached hydrogens (tertiary/aromatic N) is 2. The second-order valence-electron chi connectivity index (χ2n) is 4.33. The van der Waals surface area contributed by atoms with Crippen molar-refractivity contribution in [2.75, 3.05) is 11.5 Å². The number of rotatable bonds is 1. The second kappa shape index (κ2) is 19.0. The van der Waals surface area contributed by atoms with Crippen LogP contribution in [0.3, 0.4) is 0 Å². The maximum absolute atomic E-state index is 8.43. The maximum Gasteiger partial charge on any atom is 0.138 e. The highest BCUT2D eigenvalue weighted by Gasteiger charge is 2.05. The molecule has 0 unspecified atom stereocenters. The largest absolute Gasteiger partial charge is 0.753 e. The SMILES string of the molecule is Cc1c(N)ccc(SC#N)c1Cl.Cc1c(N)cccc1Cl.II.[N-]=C=S.[NH4+]. The molecule has 0 heterocycles. The molecular formula is C16H19Cl2I2N5S2. The number of thiocarbonyl (C=S) groups is 1. The molecule has 148 valence electrons. The van der Waals surface area contributed by atoms with Crippen LogP contribution in [0.1, 0.15) is 11.1 Å². The molecule has 0 spiro atoms.